The summed E-state index contributed by atoms with van der Waals surface area (Å²) < 4.78 is 3.47. The SMILES string of the molecule is O=C(Nc1cccc2ccccc12)c1cc2sccc2n1C1CCCC1. The first-order valence-electron chi connectivity index (χ1n) is 9.19. The van der Waals surface area contributed by atoms with Crippen LogP contribution in [0.4, 0.5) is 5.69 Å². The van der Waals surface area contributed by atoms with Gasteiger partial charge in [0.25, 0.3) is 5.91 Å². The van der Waals surface area contributed by atoms with Gasteiger partial charge in [-0.25, -0.2) is 0 Å². The third kappa shape index (κ3) is 2.53. The van der Waals surface area contributed by atoms with Gasteiger partial charge in [-0.1, -0.05) is 49.2 Å². The lowest BCUT2D eigenvalue weighted by Crippen LogP contribution is -2.19. The topological polar surface area (TPSA) is 34.0 Å². The van der Waals surface area contributed by atoms with Crippen molar-refractivity contribution in [1.82, 2.24) is 4.57 Å². The Morgan fingerprint density at radius 1 is 1.04 bits per heavy atom. The highest BCUT2D eigenvalue weighted by Crippen LogP contribution is 2.37. The molecule has 1 fully saturated rings. The third-order valence-corrected chi connectivity index (χ3v) is 6.27. The van der Waals surface area contributed by atoms with Gasteiger partial charge < -0.3 is 9.88 Å². The van der Waals surface area contributed by atoms with Crippen molar-refractivity contribution in [2.75, 3.05) is 5.32 Å². The molecule has 0 atom stereocenters. The van der Waals surface area contributed by atoms with Crippen LogP contribution < -0.4 is 5.32 Å². The number of thiophene rings is 1. The minimum absolute atomic E-state index is 0.0170. The summed E-state index contributed by atoms with van der Waals surface area (Å²) in [5.74, 6) is -0.0170. The van der Waals surface area contributed by atoms with Crippen molar-refractivity contribution in [1.29, 1.82) is 0 Å². The molecular weight excluding hydrogens is 340 g/mol. The monoisotopic (exact) mass is 360 g/mol. The second-order valence-corrected chi connectivity index (χ2v) is 7.94. The fourth-order valence-electron chi connectivity index (χ4n) is 4.20. The molecule has 5 rings (SSSR count). The van der Waals surface area contributed by atoms with E-state index in [1.807, 2.05) is 24.3 Å². The summed E-state index contributed by atoms with van der Waals surface area (Å²) >= 11 is 1.71. The first kappa shape index (κ1) is 15.6. The quantitative estimate of drug-likeness (QED) is 0.462. The second-order valence-electron chi connectivity index (χ2n) is 6.99. The molecule has 1 N–H and O–H groups in total. The maximum absolute atomic E-state index is 13.2. The summed E-state index contributed by atoms with van der Waals surface area (Å²) in [4.78, 5) is 13.2. The Morgan fingerprint density at radius 3 is 2.73 bits per heavy atom. The highest BCUT2D eigenvalue weighted by atomic mass is 32.1. The van der Waals surface area contributed by atoms with E-state index in [4.69, 9.17) is 0 Å². The molecule has 4 aromatic rings. The molecular formula is C22H20N2OS. The van der Waals surface area contributed by atoms with Gasteiger partial charge in [-0.2, -0.15) is 0 Å². The van der Waals surface area contributed by atoms with Gasteiger partial charge >= 0.3 is 0 Å². The average Bonchev–Trinajstić information content (AvgIpc) is 3.38. The molecule has 1 amide bonds. The van der Waals surface area contributed by atoms with Gasteiger partial charge in [0.1, 0.15) is 5.69 Å². The summed E-state index contributed by atoms with van der Waals surface area (Å²) in [5, 5.41) is 7.48. The molecule has 0 saturated heterocycles. The fourth-order valence-corrected chi connectivity index (χ4v) is 5.01. The van der Waals surface area contributed by atoms with Crippen LogP contribution in [-0.4, -0.2) is 10.5 Å². The summed E-state index contributed by atoms with van der Waals surface area (Å²) in [6.45, 7) is 0. The molecule has 0 unspecified atom stereocenters. The standard InChI is InChI=1S/C22H20N2OS/c25-22(23-18-11-5-7-15-6-1-4-10-17(15)18)20-14-21-19(12-13-26-21)24(20)16-8-2-3-9-16/h1,4-7,10-14,16H,2-3,8-9H2,(H,23,25). The number of carbonyl (C=O) groups is 1. The van der Waals surface area contributed by atoms with Gasteiger partial charge in [0, 0.05) is 17.1 Å². The molecule has 0 bridgehead atoms. The number of hydrogen-bond donors (Lipinski definition) is 1. The lowest BCUT2D eigenvalue weighted by atomic mass is 10.1. The highest BCUT2D eigenvalue weighted by Gasteiger charge is 2.25. The van der Waals surface area contributed by atoms with Gasteiger partial charge in [0.05, 0.1) is 10.2 Å². The summed E-state index contributed by atoms with van der Waals surface area (Å²) in [7, 11) is 0. The fraction of sp³-hybridized carbons (Fsp3) is 0.227. The lowest BCUT2D eigenvalue weighted by molar-refractivity contribution is 0.101. The smallest absolute Gasteiger partial charge is 0.272 e. The number of hydrogen-bond acceptors (Lipinski definition) is 2. The number of carbonyl (C=O) groups excluding carboxylic acids is 1. The van der Waals surface area contributed by atoms with Crippen molar-refractivity contribution in [3.05, 3.63) is 65.7 Å². The Bertz CT molecular complexity index is 1100. The first-order chi connectivity index (χ1) is 12.8. The van der Waals surface area contributed by atoms with Gasteiger partial charge in [-0.15, -0.1) is 11.3 Å². The van der Waals surface area contributed by atoms with E-state index in [1.54, 1.807) is 11.3 Å². The van der Waals surface area contributed by atoms with E-state index in [-0.39, 0.29) is 5.91 Å². The largest absolute Gasteiger partial charge is 0.333 e. The minimum atomic E-state index is -0.0170. The number of anilines is 1. The third-order valence-electron chi connectivity index (χ3n) is 5.42. The Labute approximate surface area is 156 Å². The maximum Gasteiger partial charge on any atom is 0.272 e. The van der Waals surface area contributed by atoms with Crippen LogP contribution in [-0.2, 0) is 0 Å². The van der Waals surface area contributed by atoms with E-state index in [2.05, 4.69) is 45.6 Å². The Hall–Kier alpha value is -2.59. The highest BCUT2D eigenvalue weighted by molar-refractivity contribution is 7.17. The van der Waals surface area contributed by atoms with Crippen molar-refractivity contribution in [3.8, 4) is 0 Å². The predicted molar refractivity (Wildman–Crippen MR) is 109 cm³/mol. The Morgan fingerprint density at radius 2 is 1.85 bits per heavy atom. The predicted octanol–water partition coefficient (Wildman–Crippen LogP) is 6.22. The van der Waals surface area contributed by atoms with Crippen LogP contribution in [0.5, 0.6) is 0 Å². The van der Waals surface area contributed by atoms with Crippen molar-refractivity contribution in [3.63, 3.8) is 0 Å². The molecule has 0 spiro atoms. The zero-order valence-electron chi connectivity index (χ0n) is 14.4. The van der Waals surface area contributed by atoms with Crippen LogP contribution in [0.2, 0.25) is 0 Å². The van der Waals surface area contributed by atoms with E-state index in [9.17, 15) is 4.79 Å². The van der Waals surface area contributed by atoms with E-state index in [0.29, 0.717) is 6.04 Å². The number of benzene rings is 2. The molecule has 1 aliphatic carbocycles. The van der Waals surface area contributed by atoms with E-state index in [0.717, 1.165) is 35.0 Å². The molecule has 1 saturated carbocycles. The van der Waals surface area contributed by atoms with Crippen LogP contribution in [0.15, 0.2) is 60.0 Å². The van der Waals surface area contributed by atoms with Gasteiger partial charge in [-0.05, 0) is 41.8 Å². The summed E-state index contributed by atoms with van der Waals surface area (Å²) in [6.07, 6.45) is 4.82. The molecule has 130 valence electrons. The summed E-state index contributed by atoms with van der Waals surface area (Å²) in [6, 6.07) is 18.8. The number of nitrogens with one attached hydrogen (secondary N) is 1. The van der Waals surface area contributed by atoms with Crippen molar-refractivity contribution in [2.24, 2.45) is 0 Å². The number of fused-ring (bicyclic) bond motifs is 2. The molecule has 4 heteroatoms. The molecule has 2 heterocycles. The minimum Gasteiger partial charge on any atom is -0.333 e. The van der Waals surface area contributed by atoms with Crippen LogP contribution >= 0.6 is 11.3 Å². The average molecular weight is 360 g/mol. The van der Waals surface area contributed by atoms with Gasteiger partial charge in [0.2, 0.25) is 0 Å². The number of amides is 1. The Kier molecular flexibility index (Phi) is 3.79. The normalized spacial score (nSPS) is 15.1. The molecule has 0 aliphatic heterocycles. The number of nitrogens with zero attached hydrogens (tertiary/aromatic N) is 1. The number of aromatic nitrogens is 1. The molecule has 2 aromatic carbocycles. The zero-order valence-corrected chi connectivity index (χ0v) is 15.3. The number of rotatable bonds is 3. The molecule has 26 heavy (non-hydrogen) atoms. The van der Waals surface area contributed by atoms with Gasteiger partial charge in [0.15, 0.2) is 0 Å². The van der Waals surface area contributed by atoms with Crippen LogP contribution in [0, 0.1) is 0 Å². The molecule has 2 aromatic heterocycles. The van der Waals surface area contributed by atoms with Gasteiger partial charge in [-0.3, -0.25) is 4.79 Å². The Balaban J connectivity index is 1.56. The van der Waals surface area contributed by atoms with Crippen molar-refractivity contribution in [2.45, 2.75) is 31.7 Å². The summed E-state index contributed by atoms with van der Waals surface area (Å²) in [5.41, 5.74) is 2.85. The van der Waals surface area contributed by atoms with Crippen molar-refractivity contribution >= 4 is 43.9 Å². The van der Waals surface area contributed by atoms with E-state index >= 15 is 0 Å². The maximum atomic E-state index is 13.2. The second kappa shape index (κ2) is 6.29. The van der Waals surface area contributed by atoms with E-state index in [1.165, 1.54) is 23.1 Å². The lowest BCUT2D eigenvalue weighted by Gasteiger charge is -2.17. The van der Waals surface area contributed by atoms with E-state index < -0.39 is 0 Å². The molecule has 0 radical (unpaired) electrons. The first-order valence-corrected chi connectivity index (χ1v) is 10.1. The molecule has 1 aliphatic rings. The molecule has 3 nitrogen and oxygen atoms in total. The van der Waals surface area contributed by atoms with Crippen LogP contribution in [0.3, 0.4) is 0 Å². The van der Waals surface area contributed by atoms with Crippen LogP contribution in [0.25, 0.3) is 21.0 Å². The van der Waals surface area contributed by atoms with Crippen molar-refractivity contribution < 1.29 is 4.79 Å². The zero-order chi connectivity index (χ0) is 17.5. The van der Waals surface area contributed by atoms with Crippen LogP contribution in [0.1, 0.15) is 42.2 Å².